The first-order chi connectivity index (χ1) is 9.61. The highest BCUT2D eigenvalue weighted by molar-refractivity contribution is 5.81. The second-order valence-corrected chi connectivity index (χ2v) is 6.21. The number of likely N-dealkylation sites (tertiary alicyclic amines) is 1. The van der Waals surface area contributed by atoms with Gasteiger partial charge in [-0.3, -0.25) is 9.59 Å². The lowest BCUT2D eigenvalue weighted by Crippen LogP contribution is -2.44. The van der Waals surface area contributed by atoms with Crippen LogP contribution in [0.4, 0.5) is 0 Å². The van der Waals surface area contributed by atoms with Crippen LogP contribution in [0.5, 0.6) is 0 Å². The molecular formula is C15H27N3O2. The number of nitrogens with zero attached hydrogens (tertiary/aromatic N) is 1. The van der Waals surface area contributed by atoms with Crippen molar-refractivity contribution in [1.29, 1.82) is 0 Å². The largest absolute Gasteiger partial charge is 0.353 e. The molecule has 5 nitrogen and oxygen atoms in total. The molecule has 1 heterocycles. The summed E-state index contributed by atoms with van der Waals surface area (Å²) in [6.45, 7) is 3.26. The molecule has 2 rings (SSSR count). The first-order valence-corrected chi connectivity index (χ1v) is 7.91. The van der Waals surface area contributed by atoms with Crippen LogP contribution >= 0.6 is 0 Å². The summed E-state index contributed by atoms with van der Waals surface area (Å²) in [6.07, 6.45) is 6.72. The minimum absolute atomic E-state index is 0.0883. The van der Waals surface area contributed by atoms with Gasteiger partial charge in [-0.05, 0) is 32.6 Å². The molecule has 0 aromatic heterocycles. The van der Waals surface area contributed by atoms with E-state index in [9.17, 15) is 9.59 Å². The van der Waals surface area contributed by atoms with Crippen molar-refractivity contribution in [2.75, 3.05) is 13.1 Å². The standard InChI is InChI=1S/C15H27N3O2/c1-11(17-15(20)12-5-2-3-6-12)9-14(19)18-8-4-7-13(18)10-16/h11-13H,2-10,16H2,1H3,(H,17,20). The molecule has 2 unspecified atom stereocenters. The van der Waals surface area contributed by atoms with Gasteiger partial charge >= 0.3 is 0 Å². The van der Waals surface area contributed by atoms with Crippen LogP contribution in [0.3, 0.4) is 0 Å². The van der Waals surface area contributed by atoms with Crippen LogP contribution in [0.25, 0.3) is 0 Å². The Hall–Kier alpha value is -1.10. The van der Waals surface area contributed by atoms with Crippen molar-refractivity contribution in [2.45, 2.75) is 64.0 Å². The van der Waals surface area contributed by atoms with Crippen LogP contribution in [-0.2, 0) is 9.59 Å². The lowest BCUT2D eigenvalue weighted by molar-refractivity contribution is -0.132. The molecule has 1 aliphatic carbocycles. The smallest absolute Gasteiger partial charge is 0.224 e. The summed E-state index contributed by atoms with van der Waals surface area (Å²) in [6, 6.07) is 0.106. The third-order valence-electron chi connectivity index (χ3n) is 4.56. The molecular weight excluding hydrogens is 254 g/mol. The molecule has 2 aliphatic rings. The Morgan fingerprint density at radius 2 is 1.95 bits per heavy atom. The van der Waals surface area contributed by atoms with E-state index in [2.05, 4.69) is 5.32 Å². The number of hydrogen-bond donors (Lipinski definition) is 2. The third-order valence-corrected chi connectivity index (χ3v) is 4.56. The molecule has 1 aliphatic heterocycles. The highest BCUT2D eigenvalue weighted by Gasteiger charge is 2.29. The fourth-order valence-corrected chi connectivity index (χ4v) is 3.39. The second-order valence-electron chi connectivity index (χ2n) is 6.21. The topological polar surface area (TPSA) is 75.4 Å². The number of nitrogens with one attached hydrogen (secondary N) is 1. The zero-order valence-electron chi connectivity index (χ0n) is 12.4. The summed E-state index contributed by atoms with van der Waals surface area (Å²) in [7, 11) is 0. The minimum Gasteiger partial charge on any atom is -0.353 e. The average Bonchev–Trinajstić information content (AvgIpc) is 3.09. The van der Waals surface area contributed by atoms with E-state index in [1.54, 1.807) is 0 Å². The second kappa shape index (κ2) is 7.07. The lowest BCUT2D eigenvalue weighted by Gasteiger charge is -2.25. The normalized spacial score (nSPS) is 24.9. The summed E-state index contributed by atoms with van der Waals surface area (Å²) in [5, 5.41) is 2.99. The van der Waals surface area contributed by atoms with Crippen molar-refractivity contribution < 1.29 is 9.59 Å². The predicted molar refractivity (Wildman–Crippen MR) is 78.0 cm³/mol. The first-order valence-electron chi connectivity index (χ1n) is 7.91. The Labute approximate surface area is 121 Å². The molecule has 0 spiro atoms. The van der Waals surface area contributed by atoms with Crippen molar-refractivity contribution in [3.05, 3.63) is 0 Å². The van der Waals surface area contributed by atoms with E-state index >= 15 is 0 Å². The molecule has 20 heavy (non-hydrogen) atoms. The molecule has 5 heteroatoms. The van der Waals surface area contributed by atoms with Crippen molar-refractivity contribution in [3.63, 3.8) is 0 Å². The summed E-state index contributed by atoms with van der Waals surface area (Å²) in [4.78, 5) is 26.2. The van der Waals surface area contributed by atoms with Crippen LogP contribution in [-0.4, -0.2) is 41.9 Å². The van der Waals surface area contributed by atoms with Crippen LogP contribution in [0, 0.1) is 5.92 Å². The molecule has 2 fully saturated rings. The maximum atomic E-state index is 12.2. The van der Waals surface area contributed by atoms with Gasteiger partial charge in [0, 0.05) is 37.5 Å². The highest BCUT2D eigenvalue weighted by Crippen LogP contribution is 2.25. The van der Waals surface area contributed by atoms with E-state index in [1.165, 1.54) is 0 Å². The van der Waals surface area contributed by atoms with Gasteiger partial charge in [0.15, 0.2) is 0 Å². The van der Waals surface area contributed by atoms with E-state index < -0.39 is 0 Å². The van der Waals surface area contributed by atoms with Crippen molar-refractivity contribution in [3.8, 4) is 0 Å². The van der Waals surface area contributed by atoms with E-state index in [1.807, 2.05) is 11.8 Å². The number of hydrogen-bond acceptors (Lipinski definition) is 3. The van der Waals surface area contributed by atoms with Crippen LogP contribution in [0.15, 0.2) is 0 Å². The van der Waals surface area contributed by atoms with Gasteiger partial charge in [-0.25, -0.2) is 0 Å². The van der Waals surface area contributed by atoms with Gasteiger partial charge in [0.25, 0.3) is 0 Å². The molecule has 3 N–H and O–H groups in total. The Balaban J connectivity index is 1.77. The number of carbonyl (C=O) groups is 2. The molecule has 0 aromatic rings. The number of rotatable bonds is 5. The molecule has 2 amide bonds. The van der Waals surface area contributed by atoms with Crippen molar-refractivity contribution >= 4 is 11.8 Å². The SMILES string of the molecule is CC(CC(=O)N1CCCC1CN)NC(=O)C1CCCC1. The predicted octanol–water partition coefficient (Wildman–Crippen LogP) is 1.02. The molecule has 0 radical (unpaired) electrons. The van der Waals surface area contributed by atoms with Gasteiger partial charge in [0.05, 0.1) is 0 Å². The highest BCUT2D eigenvalue weighted by atomic mass is 16.2. The van der Waals surface area contributed by atoms with Gasteiger partial charge in [0.1, 0.15) is 0 Å². The zero-order valence-corrected chi connectivity index (χ0v) is 12.4. The Morgan fingerprint density at radius 3 is 2.60 bits per heavy atom. The minimum atomic E-state index is -0.0883. The maximum Gasteiger partial charge on any atom is 0.224 e. The fourth-order valence-electron chi connectivity index (χ4n) is 3.39. The van der Waals surface area contributed by atoms with E-state index in [0.717, 1.165) is 45.1 Å². The Bertz CT molecular complexity index is 353. The van der Waals surface area contributed by atoms with Crippen molar-refractivity contribution in [2.24, 2.45) is 11.7 Å². The summed E-state index contributed by atoms with van der Waals surface area (Å²) >= 11 is 0. The maximum absolute atomic E-state index is 12.2. The molecule has 1 saturated heterocycles. The third kappa shape index (κ3) is 3.72. The monoisotopic (exact) mass is 281 g/mol. The van der Waals surface area contributed by atoms with Crippen LogP contribution in [0.1, 0.15) is 51.9 Å². The van der Waals surface area contributed by atoms with Crippen LogP contribution in [0.2, 0.25) is 0 Å². The summed E-state index contributed by atoms with van der Waals surface area (Å²) in [5.74, 6) is 0.410. The number of carbonyl (C=O) groups excluding carboxylic acids is 2. The quantitative estimate of drug-likeness (QED) is 0.790. The Morgan fingerprint density at radius 1 is 1.25 bits per heavy atom. The van der Waals surface area contributed by atoms with E-state index in [-0.39, 0.29) is 29.8 Å². The molecule has 0 bridgehead atoms. The average molecular weight is 281 g/mol. The Kier molecular flexibility index (Phi) is 5.40. The lowest BCUT2D eigenvalue weighted by atomic mass is 10.1. The number of amides is 2. The summed E-state index contributed by atoms with van der Waals surface area (Å²) < 4.78 is 0. The molecule has 1 saturated carbocycles. The van der Waals surface area contributed by atoms with E-state index in [4.69, 9.17) is 5.73 Å². The fraction of sp³-hybridized carbons (Fsp3) is 0.867. The van der Waals surface area contributed by atoms with Gasteiger partial charge in [-0.15, -0.1) is 0 Å². The zero-order chi connectivity index (χ0) is 14.5. The summed E-state index contributed by atoms with van der Waals surface area (Å²) in [5.41, 5.74) is 5.69. The van der Waals surface area contributed by atoms with E-state index in [0.29, 0.717) is 13.0 Å². The van der Waals surface area contributed by atoms with Crippen LogP contribution < -0.4 is 11.1 Å². The van der Waals surface area contributed by atoms with Gasteiger partial charge < -0.3 is 16.0 Å². The molecule has 0 aromatic carbocycles. The molecule has 114 valence electrons. The van der Waals surface area contributed by atoms with Gasteiger partial charge in [-0.2, -0.15) is 0 Å². The van der Waals surface area contributed by atoms with Gasteiger partial charge in [0.2, 0.25) is 11.8 Å². The van der Waals surface area contributed by atoms with Gasteiger partial charge in [-0.1, -0.05) is 12.8 Å². The van der Waals surface area contributed by atoms with Crippen molar-refractivity contribution in [1.82, 2.24) is 10.2 Å². The first kappa shape index (κ1) is 15.3. The molecule has 2 atom stereocenters. The number of nitrogens with two attached hydrogens (primary N) is 1.